The number of rotatable bonds is 10. The lowest BCUT2D eigenvalue weighted by molar-refractivity contribution is -0.137. The minimum Gasteiger partial charge on any atom is -0.481 e. The second-order valence-corrected chi connectivity index (χ2v) is 6.20. The van der Waals surface area contributed by atoms with E-state index < -0.39 is 5.97 Å². The van der Waals surface area contributed by atoms with Crippen LogP contribution in [-0.2, 0) is 9.59 Å². The van der Waals surface area contributed by atoms with E-state index in [9.17, 15) is 9.59 Å². The Kier molecular flexibility index (Phi) is 8.35. The molecule has 0 aromatic carbocycles. The van der Waals surface area contributed by atoms with E-state index in [4.69, 9.17) is 10.8 Å². The molecule has 0 aromatic heterocycles. The molecule has 0 saturated heterocycles. The topological polar surface area (TPSA) is 92.4 Å². The lowest BCUT2D eigenvalue weighted by Crippen LogP contribution is -2.36. The summed E-state index contributed by atoms with van der Waals surface area (Å²) in [6.07, 6.45) is 6.97. The van der Waals surface area contributed by atoms with E-state index in [-0.39, 0.29) is 18.2 Å². The fraction of sp³-hybridized carbons (Fsp3) is 0.875. The summed E-state index contributed by atoms with van der Waals surface area (Å²) >= 11 is 0. The largest absolute Gasteiger partial charge is 0.481 e. The van der Waals surface area contributed by atoms with E-state index in [0.29, 0.717) is 31.3 Å². The Balaban J connectivity index is 2.28. The zero-order valence-electron chi connectivity index (χ0n) is 13.1. The first-order valence-electron chi connectivity index (χ1n) is 8.28. The Morgan fingerprint density at radius 2 is 2.05 bits per heavy atom. The van der Waals surface area contributed by atoms with Crippen LogP contribution in [0.3, 0.4) is 0 Å². The molecule has 1 amide bonds. The molecule has 4 N–H and O–H groups in total. The van der Waals surface area contributed by atoms with E-state index in [0.717, 1.165) is 38.5 Å². The Hall–Kier alpha value is -1.10. The van der Waals surface area contributed by atoms with Crippen LogP contribution in [0.15, 0.2) is 0 Å². The van der Waals surface area contributed by atoms with Crippen molar-refractivity contribution in [2.75, 3.05) is 13.1 Å². The molecule has 0 radical (unpaired) electrons. The van der Waals surface area contributed by atoms with Crippen molar-refractivity contribution < 1.29 is 14.7 Å². The van der Waals surface area contributed by atoms with Crippen LogP contribution in [0, 0.1) is 17.8 Å². The average molecular weight is 298 g/mol. The number of aliphatic carboxylic acids is 1. The third-order valence-corrected chi connectivity index (χ3v) is 4.61. The molecule has 21 heavy (non-hydrogen) atoms. The van der Waals surface area contributed by atoms with Gasteiger partial charge >= 0.3 is 5.97 Å². The highest BCUT2D eigenvalue weighted by Gasteiger charge is 2.31. The summed E-state index contributed by atoms with van der Waals surface area (Å²) in [6, 6.07) is 0. The number of carboxylic acids is 1. The summed E-state index contributed by atoms with van der Waals surface area (Å²) < 4.78 is 0. The zero-order chi connectivity index (χ0) is 15.7. The molecule has 3 unspecified atom stereocenters. The van der Waals surface area contributed by atoms with Gasteiger partial charge < -0.3 is 16.2 Å². The van der Waals surface area contributed by atoms with Crippen molar-refractivity contribution in [1.82, 2.24) is 5.32 Å². The van der Waals surface area contributed by atoms with Gasteiger partial charge in [-0.05, 0) is 44.1 Å². The predicted molar refractivity (Wildman–Crippen MR) is 82.8 cm³/mol. The predicted octanol–water partition coefficient (Wildman–Crippen LogP) is 2.15. The Morgan fingerprint density at radius 3 is 2.67 bits per heavy atom. The Labute approximate surface area is 127 Å². The molecule has 0 aromatic rings. The number of carbonyl (C=O) groups is 2. The van der Waals surface area contributed by atoms with Gasteiger partial charge in [0.1, 0.15) is 0 Å². The Morgan fingerprint density at radius 1 is 1.29 bits per heavy atom. The van der Waals surface area contributed by atoms with Gasteiger partial charge in [-0.3, -0.25) is 9.59 Å². The quantitative estimate of drug-likeness (QED) is 0.576. The van der Waals surface area contributed by atoms with Crippen molar-refractivity contribution in [2.24, 2.45) is 23.5 Å². The lowest BCUT2D eigenvalue weighted by atomic mass is 9.93. The molecule has 1 rings (SSSR count). The van der Waals surface area contributed by atoms with Gasteiger partial charge in [0, 0.05) is 18.9 Å². The van der Waals surface area contributed by atoms with E-state index >= 15 is 0 Å². The zero-order valence-corrected chi connectivity index (χ0v) is 13.1. The fourth-order valence-electron chi connectivity index (χ4n) is 3.36. The molecule has 1 aliphatic rings. The molecule has 5 nitrogen and oxygen atoms in total. The number of nitrogens with two attached hydrogens (primary N) is 1. The summed E-state index contributed by atoms with van der Waals surface area (Å²) in [4.78, 5) is 22.8. The Bertz CT molecular complexity index is 333. The molecule has 1 saturated carbocycles. The van der Waals surface area contributed by atoms with Crippen molar-refractivity contribution in [2.45, 2.75) is 58.3 Å². The van der Waals surface area contributed by atoms with Gasteiger partial charge in [-0.15, -0.1) is 0 Å². The van der Waals surface area contributed by atoms with Crippen LogP contribution in [0.1, 0.15) is 58.3 Å². The summed E-state index contributed by atoms with van der Waals surface area (Å²) in [5, 5.41) is 11.8. The molecule has 0 aliphatic heterocycles. The third-order valence-electron chi connectivity index (χ3n) is 4.61. The van der Waals surface area contributed by atoms with Crippen LogP contribution >= 0.6 is 0 Å². The van der Waals surface area contributed by atoms with Gasteiger partial charge in [0.25, 0.3) is 0 Å². The molecule has 0 heterocycles. The molecule has 5 heteroatoms. The van der Waals surface area contributed by atoms with Gasteiger partial charge in [0.05, 0.1) is 0 Å². The van der Waals surface area contributed by atoms with Crippen molar-refractivity contribution in [3.63, 3.8) is 0 Å². The van der Waals surface area contributed by atoms with Gasteiger partial charge in [-0.2, -0.15) is 0 Å². The second kappa shape index (κ2) is 9.77. The van der Waals surface area contributed by atoms with Gasteiger partial charge in [-0.25, -0.2) is 0 Å². The molecule has 3 atom stereocenters. The van der Waals surface area contributed by atoms with Gasteiger partial charge in [0.2, 0.25) is 5.91 Å². The smallest absolute Gasteiger partial charge is 0.303 e. The molecule has 0 bridgehead atoms. The highest BCUT2D eigenvalue weighted by Crippen LogP contribution is 2.31. The van der Waals surface area contributed by atoms with Crippen LogP contribution < -0.4 is 11.1 Å². The monoisotopic (exact) mass is 298 g/mol. The molecular formula is C16H30N2O3. The minimum absolute atomic E-state index is 0.0821. The molecule has 1 fully saturated rings. The number of nitrogens with one attached hydrogen (secondary N) is 1. The highest BCUT2D eigenvalue weighted by atomic mass is 16.4. The average Bonchev–Trinajstić information content (AvgIpc) is 2.93. The summed E-state index contributed by atoms with van der Waals surface area (Å²) in [7, 11) is 0. The number of hydrogen-bond donors (Lipinski definition) is 3. The van der Waals surface area contributed by atoms with E-state index in [1.165, 1.54) is 0 Å². The number of carbonyl (C=O) groups excluding carboxylic acids is 1. The third kappa shape index (κ3) is 6.46. The molecule has 1 aliphatic carbocycles. The summed E-state index contributed by atoms with van der Waals surface area (Å²) in [5.41, 5.74) is 5.71. The summed E-state index contributed by atoms with van der Waals surface area (Å²) in [5.74, 6) is 0.204. The normalized spacial score (nSPS) is 23.0. The first-order chi connectivity index (χ1) is 10.1. The maximum absolute atomic E-state index is 12.2. The first-order valence-corrected chi connectivity index (χ1v) is 8.28. The standard InChI is InChI=1S/C16H30N2O3/c1-2-4-12(7-8-15(19)20)9-10-18-16(21)14-6-3-5-13(14)11-17/h12-14H,2-11,17H2,1H3,(H,18,21)(H,19,20). The number of amides is 1. The molecule has 0 spiro atoms. The van der Waals surface area contributed by atoms with Crippen LogP contribution in [0.2, 0.25) is 0 Å². The van der Waals surface area contributed by atoms with Crippen LogP contribution in [0.4, 0.5) is 0 Å². The highest BCUT2D eigenvalue weighted by molar-refractivity contribution is 5.79. The van der Waals surface area contributed by atoms with Crippen molar-refractivity contribution >= 4 is 11.9 Å². The minimum atomic E-state index is -0.739. The van der Waals surface area contributed by atoms with Crippen LogP contribution in [0.25, 0.3) is 0 Å². The SMILES string of the molecule is CCCC(CCNC(=O)C1CCCC1CN)CCC(=O)O. The van der Waals surface area contributed by atoms with Crippen LogP contribution in [0.5, 0.6) is 0 Å². The van der Waals surface area contributed by atoms with E-state index in [1.807, 2.05) is 0 Å². The fourth-order valence-corrected chi connectivity index (χ4v) is 3.36. The number of hydrogen-bond acceptors (Lipinski definition) is 3. The molecule has 122 valence electrons. The summed E-state index contributed by atoms with van der Waals surface area (Å²) in [6.45, 7) is 3.35. The lowest BCUT2D eigenvalue weighted by Gasteiger charge is -2.19. The van der Waals surface area contributed by atoms with E-state index in [1.54, 1.807) is 0 Å². The van der Waals surface area contributed by atoms with Crippen LogP contribution in [-0.4, -0.2) is 30.1 Å². The maximum atomic E-state index is 12.2. The first kappa shape index (κ1) is 18.0. The van der Waals surface area contributed by atoms with Crippen molar-refractivity contribution in [3.05, 3.63) is 0 Å². The second-order valence-electron chi connectivity index (χ2n) is 6.20. The molecular weight excluding hydrogens is 268 g/mol. The number of carboxylic acid groups (broad SMARTS) is 1. The van der Waals surface area contributed by atoms with Crippen molar-refractivity contribution in [1.29, 1.82) is 0 Å². The van der Waals surface area contributed by atoms with E-state index in [2.05, 4.69) is 12.2 Å². The van der Waals surface area contributed by atoms with Gasteiger partial charge in [0.15, 0.2) is 0 Å². The maximum Gasteiger partial charge on any atom is 0.303 e. The van der Waals surface area contributed by atoms with Crippen molar-refractivity contribution in [3.8, 4) is 0 Å². The van der Waals surface area contributed by atoms with Gasteiger partial charge in [-0.1, -0.05) is 26.2 Å².